The van der Waals surface area contributed by atoms with E-state index in [9.17, 15) is 20.0 Å². The van der Waals surface area contributed by atoms with Crippen LogP contribution in [-0.2, 0) is 11.2 Å². The zero-order chi connectivity index (χ0) is 17.5. The lowest BCUT2D eigenvalue weighted by Gasteiger charge is -2.12. The minimum atomic E-state index is -0.930. The number of benzene rings is 2. The fraction of sp³-hybridized carbons (Fsp3) is 0.235. The van der Waals surface area contributed by atoms with Crippen LogP contribution < -0.4 is 10.1 Å². The number of aliphatic hydroxyl groups excluding tert-OH is 1. The van der Waals surface area contributed by atoms with Crippen molar-refractivity contribution in [2.45, 2.75) is 12.5 Å². The molecule has 0 bridgehead atoms. The van der Waals surface area contributed by atoms with Gasteiger partial charge in [-0.3, -0.25) is 14.9 Å². The first-order valence-electron chi connectivity index (χ1n) is 7.31. The second-order valence-electron chi connectivity index (χ2n) is 5.20. The molecule has 7 heteroatoms. The van der Waals surface area contributed by atoms with Gasteiger partial charge in [-0.2, -0.15) is 0 Å². The highest BCUT2D eigenvalue weighted by molar-refractivity contribution is 5.78. The highest BCUT2D eigenvalue weighted by atomic mass is 16.6. The Morgan fingerprint density at radius 3 is 2.62 bits per heavy atom. The Morgan fingerprint density at radius 2 is 2.00 bits per heavy atom. The average Bonchev–Trinajstić information content (AvgIpc) is 2.60. The summed E-state index contributed by atoms with van der Waals surface area (Å²) in [5, 5.41) is 23.3. The largest absolute Gasteiger partial charge is 0.497 e. The van der Waals surface area contributed by atoms with Crippen molar-refractivity contribution >= 4 is 11.6 Å². The Morgan fingerprint density at radius 1 is 1.29 bits per heavy atom. The number of nitro benzene ring substituents is 1. The van der Waals surface area contributed by atoms with E-state index in [0.717, 1.165) is 5.56 Å². The quantitative estimate of drug-likeness (QED) is 0.597. The van der Waals surface area contributed by atoms with Gasteiger partial charge in [0.15, 0.2) is 0 Å². The summed E-state index contributed by atoms with van der Waals surface area (Å²) in [5.74, 6) is 0.440. The number of ether oxygens (including phenoxy) is 1. The fourth-order valence-electron chi connectivity index (χ4n) is 2.18. The fourth-order valence-corrected chi connectivity index (χ4v) is 2.18. The predicted molar refractivity (Wildman–Crippen MR) is 87.8 cm³/mol. The molecule has 126 valence electrons. The van der Waals surface area contributed by atoms with E-state index in [-0.39, 0.29) is 24.6 Å². The number of amides is 1. The number of nitrogens with zero attached hydrogens (tertiary/aromatic N) is 1. The maximum absolute atomic E-state index is 11.9. The van der Waals surface area contributed by atoms with Crippen LogP contribution in [0.2, 0.25) is 0 Å². The zero-order valence-electron chi connectivity index (χ0n) is 13.1. The van der Waals surface area contributed by atoms with Crippen LogP contribution >= 0.6 is 0 Å². The van der Waals surface area contributed by atoms with Crippen molar-refractivity contribution in [3.8, 4) is 5.75 Å². The summed E-state index contributed by atoms with van der Waals surface area (Å²) in [6, 6.07) is 12.7. The van der Waals surface area contributed by atoms with Gasteiger partial charge in [0.25, 0.3) is 5.69 Å². The number of hydrogen-bond acceptors (Lipinski definition) is 5. The molecular weight excluding hydrogens is 312 g/mol. The monoisotopic (exact) mass is 330 g/mol. The Hall–Kier alpha value is -2.93. The van der Waals surface area contributed by atoms with Crippen molar-refractivity contribution in [1.29, 1.82) is 0 Å². The molecule has 0 saturated heterocycles. The first-order chi connectivity index (χ1) is 11.5. The van der Waals surface area contributed by atoms with E-state index in [2.05, 4.69) is 5.32 Å². The summed E-state index contributed by atoms with van der Waals surface area (Å²) >= 11 is 0. The van der Waals surface area contributed by atoms with Crippen molar-refractivity contribution < 1.29 is 19.6 Å². The normalized spacial score (nSPS) is 11.6. The van der Waals surface area contributed by atoms with Crippen LogP contribution in [-0.4, -0.2) is 29.6 Å². The van der Waals surface area contributed by atoms with Gasteiger partial charge in [-0.15, -0.1) is 0 Å². The minimum absolute atomic E-state index is 0.0284. The molecule has 2 aromatic carbocycles. The van der Waals surface area contributed by atoms with Crippen molar-refractivity contribution in [1.82, 2.24) is 5.32 Å². The average molecular weight is 330 g/mol. The number of aliphatic hydroxyl groups is 1. The third-order valence-electron chi connectivity index (χ3n) is 3.48. The van der Waals surface area contributed by atoms with Gasteiger partial charge < -0.3 is 15.2 Å². The summed E-state index contributed by atoms with van der Waals surface area (Å²) in [6.45, 7) is 0.0284. The van der Waals surface area contributed by atoms with E-state index in [1.54, 1.807) is 25.3 Å². The Balaban J connectivity index is 1.87. The summed E-state index contributed by atoms with van der Waals surface area (Å²) in [6.07, 6.45) is -0.760. The van der Waals surface area contributed by atoms with Crippen molar-refractivity contribution in [2.75, 3.05) is 13.7 Å². The molecule has 1 unspecified atom stereocenters. The zero-order valence-corrected chi connectivity index (χ0v) is 13.1. The molecule has 0 fully saturated rings. The number of methoxy groups -OCH3 is 1. The van der Waals surface area contributed by atoms with Gasteiger partial charge in [0, 0.05) is 18.7 Å². The van der Waals surface area contributed by atoms with Gasteiger partial charge in [0.2, 0.25) is 5.91 Å². The Labute approximate surface area is 139 Å². The Bertz CT molecular complexity index is 715. The lowest BCUT2D eigenvalue weighted by Crippen LogP contribution is -2.29. The van der Waals surface area contributed by atoms with Crippen LogP contribution in [0.1, 0.15) is 17.2 Å². The molecule has 24 heavy (non-hydrogen) atoms. The highest BCUT2D eigenvalue weighted by Gasteiger charge is 2.12. The molecule has 2 rings (SSSR count). The molecule has 0 aliphatic heterocycles. The number of hydrogen-bond donors (Lipinski definition) is 2. The topological polar surface area (TPSA) is 102 Å². The molecule has 0 saturated carbocycles. The third kappa shape index (κ3) is 4.79. The van der Waals surface area contributed by atoms with Gasteiger partial charge >= 0.3 is 0 Å². The van der Waals surface area contributed by atoms with Crippen LogP contribution in [0.25, 0.3) is 0 Å². The molecule has 2 aromatic rings. The van der Waals surface area contributed by atoms with E-state index in [1.807, 2.05) is 6.07 Å². The predicted octanol–water partition coefficient (Wildman–Crippen LogP) is 2.00. The highest BCUT2D eigenvalue weighted by Crippen LogP contribution is 2.17. The summed E-state index contributed by atoms with van der Waals surface area (Å²) in [5.41, 5.74) is 1.26. The molecule has 1 amide bonds. The molecular formula is C17H18N2O5. The SMILES string of the molecule is COc1cccc(CC(=O)NCC(O)c2ccc([N+](=O)[O-])cc2)c1. The lowest BCUT2D eigenvalue weighted by molar-refractivity contribution is -0.384. The Kier molecular flexibility index (Phi) is 5.86. The standard InChI is InChI=1S/C17H18N2O5/c1-24-15-4-2-3-12(9-15)10-17(21)18-11-16(20)13-5-7-14(8-6-13)19(22)23/h2-9,16,20H,10-11H2,1H3,(H,18,21). The summed E-state index contributed by atoms with van der Waals surface area (Å²) in [7, 11) is 1.56. The molecule has 0 spiro atoms. The van der Waals surface area contributed by atoms with Crippen molar-refractivity contribution in [3.05, 3.63) is 69.8 Å². The van der Waals surface area contributed by atoms with Gasteiger partial charge in [0.05, 0.1) is 24.6 Å². The minimum Gasteiger partial charge on any atom is -0.497 e. The van der Waals surface area contributed by atoms with E-state index in [4.69, 9.17) is 4.74 Å². The first kappa shape index (κ1) is 17.4. The van der Waals surface area contributed by atoms with Crippen molar-refractivity contribution in [3.63, 3.8) is 0 Å². The lowest BCUT2D eigenvalue weighted by atomic mass is 10.1. The molecule has 0 aromatic heterocycles. The smallest absolute Gasteiger partial charge is 0.269 e. The van der Waals surface area contributed by atoms with Crippen LogP contribution in [0.15, 0.2) is 48.5 Å². The second kappa shape index (κ2) is 8.07. The molecule has 1 atom stereocenters. The summed E-state index contributed by atoms with van der Waals surface area (Å²) in [4.78, 5) is 22.0. The molecule has 2 N–H and O–H groups in total. The molecule has 0 aliphatic rings. The molecule has 0 radical (unpaired) electrons. The van der Waals surface area contributed by atoms with E-state index < -0.39 is 11.0 Å². The number of rotatable bonds is 7. The number of non-ortho nitro benzene ring substituents is 1. The second-order valence-corrected chi connectivity index (χ2v) is 5.20. The first-order valence-corrected chi connectivity index (χ1v) is 7.31. The van der Waals surface area contributed by atoms with Crippen LogP contribution in [0.4, 0.5) is 5.69 Å². The maximum Gasteiger partial charge on any atom is 0.269 e. The van der Waals surface area contributed by atoms with Gasteiger partial charge in [-0.05, 0) is 35.4 Å². The number of nitrogens with one attached hydrogen (secondary N) is 1. The van der Waals surface area contributed by atoms with Crippen LogP contribution in [0.5, 0.6) is 5.75 Å². The molecule has 0 aliphatic carbocycles. The number of nitro groups is 1. The van der Waals surface area contributed by atoms with Crippen LogP contribution in [0, 0.1) is 10.1 Å². The van der Waals surface area contributed by atoms with Gasteiger partial charge in [-0.25, -0.2) is 0 Å². The number of carbonyl (C=O) groups excluding carboxylic acids is 1. The maximum atomic E-state index is 11.9. The van der Waals surface area contributed by atoms with E-state index >= 15 is 0 Å². The van der Waals surface area contributed by atoms with Gasteiger partial charge in [-0.1, -0.05) is 12.1 Å². The summed E-state index contributed by atoms with van der Waals surface area (Å²) < 4.78 is 5.10. The molecule has 7 nitrogen and oxygen atoms in total. The van der Waals surface area contributed by atoms with Crippen molar-refractivity contribution in [2.24, 2.45) is 0 Å². The molecule has 0 heterocycles. The van der Waals surface area contributed by atoms with Crippen LogP contribution in [0.3, 0.4) is 0 Å². The van der Waals surface area contributed by atoms with Gasteiger partial charge in [0.1, 0.15) is 5.75 Å². The van der Waals surface area contributed by atoms with E-state index in [0.29, 0.717) is 11.3 Å². The van der Waals surface area contributed by atoms with E-state index in [1.165, 1.54) is 24.3 Å². The third-order valence-corrected chi connectivity index (χ3v) is 3.48. The number of carbonyl (C=O) groups is 1.